The monoisotopic (exact) mass is 408 g/mol. The van der Waals surface area contributed by atoms with Crippen molar-refractivity contribution >= 4 is 33.9 Å². The van der Waals surface area contributed by atoms with Crippen LogP contribution in [0.25, 0.3) is 22.1 Å². The second-order valence-electron chi connectivity index (χ2n) is 8.02. The maximum absolute atomic E-state index is 13.5. The zero-order valence-corrected chi connectivity index (χ0v) is 16.9. The number of halogens is 1. The van der Waals surface area contributed by atoms with Gasteiger partial charge >= 0.3 is 0 Å². The van der Waals surface area contributed by atoms with Crippen molar-refractivity contribution in [3.63, 3.8) is 0 Å². The molecule has 0 unspecified atom stereocenters. The van der Waals surface area contributed by atoms with E-state index in [1.165, 1.54) is 18.5 Å². The number of carbonyl (C=O) groups is 1. The van der Waals surface area contributed by atoms with Gasteiger partial charge in [0.15, 0.2) is 0 Å². The molecule has 0 bridgehead atoms. The molecule has 9 heteroatoms. The number of rotatable bonds is 5. The van der Waals surface area contributed by atoms with E-state index < -0.39 is 0 Å². The van der Waals surface area contributed by atoms with Crippen LogP contribution in [0.4, 0.5) is 10.2 Å². The standard InChI is InChI=1S/C21H21FN6O2/c1-11-16(17-18(27-21(2)6-7-21)24-10-25-20(17)30-11)19(29)23-9-15-26-13-8-12(22)4-5-14(13)28(15)3/h4-5,8,10H,6-7,9H2,1-3H3,(H,23,29)(H,24,25,27). The molecule has 1 aliphatic carbocycles. The molecule has 0 spiro atoms. The summed E-state index contributed by atoms with van der Waals surface area (Å²) in [6.07, 6.45) is 3.52. The van der Waals surface area contributed by atoms with E-state index in [0.29, 0.717) is 39.6 Å². The molecule has 30 heavy (non-hydrogen) atoms. The van der Waals surface area contributed by atoms with Crippen molar-refractivity contribution < 1.29 is 13.6 Å². The first-order chi connectivity index (χ1) is 14.3. The van der Waals surface area contributed by atoms with Gasteiger partial charge in [0.05, 0.1) is 28.5 Å². The van der Waals surface area contributed by atoms with Gasteiger partial charge in [-0.2, -0.15) is 0 Å². The molecule has 1 aromatic carbocycles. The Kier molecular flexibility index (Phi) is 4.02. The molecule has 1 amide bonds. The fraction of sp³-hybridized carbons (Fsp3) is 0.333. The summed E-state index contributed by atoms with van der Waals surface area (Å²) in [5.41, 5.74) is 2.11. The Balaban J connectivity index is 1.45. The van der Waals surface area contributed by atoms with Crippen LogP contribution < -0.4 is 10.6 Å². The fourth-order valence-electron chi connectivity index (χ4n) is 3.64. The second kappa shape index (κ2) is 6.51. The molecule has 2 N–H and O–H groups in total. The van der Waals surface area contributed by atoms with Crippen LogP contribution in [0.3, 0.4) is 0 Å². The Labute approximate surface area is 171 Å². The van der Waals surface area contributed by atoms with Gasteiger partial charge in [0.1, 0.15) is 29.5 Å². The molecule has 1 fully saturated rings. The molecule has 1 aliphatic rings. The number of carbonyl (C=O) groups excluding carboxylic acids is 1. The smallest absolute Gasteiger partial charge is 0.256 e. The number of nitrogens with zero attached hydrogens (tertiary/aromatic N) is 4. The maximum Gasteiger partial charge on any atom is 0.256 e. The van der Waals surface area contributed by atoms with E-state index in [1.54, 1.807) is 13.0 Å². The number of aromatic nitrogens is 4. The van der Waals surface area contributed by atoms with Gasteiger partial charge in [-0.25, -0.2) is 19.3 Å². The zero-order valence-electron chi connectivity index (χ0n) is 16.9. The number of hydrogen-bond acceptors (Lipinski definition) is 6. The summed E-state index contributed by atoms with van der Waals surface area (Å²) in [5, 5.41) is 6.88. The summed E-state index contributed by atoms with van der Waals surface area (Å²) < 4.78 is 21.0. The normalized spacial score (nSPS) is 14.9. The Hall–Kier alpha value is -3.49. The lowest BCUT2D eigenvalue weighted by Crippen LogP contribution is -2.25. The Morgan fingerprint density at radius 1 is 1.33 bits per heavy atom. The first-order valence-electron chi connectivity index (χ1n) is 9.76. The van der Waals surface area contributed by atoms with Crippen molar-refractivity contribution in [1.29, 1.82) is 0 Å². The van der Waals surface area contributed by atoms with Gasteiger partial charge in [-0.05, 0) is 38.8 Å². The predicted octanol–water partition coefficient (Wildman–Crippen LogP) is 3.45. The molecule has 4 aromatic rings. The summed E-state index contributed by atoms with van der Waals surface area (Å²) in [6, 6.07) is 4.44. The minimum absolute atomic E-state index is 0.0114. The van der Waals surface area contributed by atoms with Crippen LogP contribution in [0, 0.1) is 12.7 Å². The first kappa shape index (κ1) is 18.5. The highest BCUT2D eigenvalue weighted by molar-refractivity contribution is 6.10. The van der Waals surface area contributed by atoms with E-state index in [9.17, 15) is 9.18 Å². The minimum atomic E-state index is -0.346. The van der Waals surface area contributed by atoms with Gasteiger partial charge in [-0.15, -0.1) is 0 Å². The molecule has 0 radical (unpaired) electrons. The van der Waals surface area contributed by atoms with Crippen molar-refractivity contribution in [3.8, 4) is 0 Å². The van der Waals surface area contributed by atoms with Crippen LogP contribution in [0.5, 0.6) is 0 Å². The highest BCUT2D eigenvalue weighted by Crippen LogP contribution is 2.40. The van der Waals surface area contributed by atoms with Crippen LogP contribution in [-0.2, 0) is 13.6 Å². The molecule has 3 heterocycles. The minimum Gasteiger partial charge on any atom is -0.442 e. The molecule has 8 nitrogen and oxygen atoms in total. The molecule has 5 rings (SSSR count). The summed E-state index contributed by atoms with van der Waals surface area (Å²) in [6.45, 7) is 4.03. The van der Waals surface area contributed by atoms with Crippen LogP contribution in [0.2, 0.25) is 0 Å². The maximum atomic E-state index is 13.5. The third-order valence-electron chi connectivity index (χ3n) is 5.65. The van der Waals surface area contributed by atoms with E-state index in [0.717, 1.165) is 18.4 Å². The van der Waals surface area contributed by atoms with E-state index in [2.05, 4.69) is 32.5 Å². The largest absolute Gasteiger partial charge is 0.442 e. The SMILES string of the molecule is Cc1oc2ncnc(NC3(C)CC3)c2c1C(=O)NCc1nc2cc(F)ccc2n1C. The number of hydrogen-bond donors (Lipinski definition) is 2. The molecule has 0 saturated heterocycles. The lowest BCUT2D eigenvalue weighted by atomic mass is 10.1. The van der Waals surface area contributed by atoms with E-state index in [1.807, 2.05) is 11.6 Å². The van der Waals surface area contributed by atoms with E-state index in [4.69, 9.17) is 4.42 Å². The topological polar surface area (TPSA) is 97.9 Å². The molecule has 0 aliphatic heterocycles. The van der Waals surface area contributed by atoms with Crippen LogP contribution in [-0.4, -0.2) is 31.0 Å². The van der Waals surface area contributed by atoms with E-state index >= 15 is 0 Å². The number of fused-ring (bicyclic) bond motifs is 2. The molecule has 3 aromatic heterocycles. The lowest BCUT2D eigenvalue weighted by molar-refractivity contribution is 0.0949. The summed E-state index contributed by atoms with van der Waals surface area (Å²) in [7, 11) is 1.83. The summed E-state index contributed by atoms with van der Waals surface area (Å²) in [4.78, 5) is 26.0. The third-order valence-corrected chi connectivity index (χ3v) is 5.65. The number of benzene rings is 1. The van der Waals surface area contributed by atoms with Crippen molar-refractivity contribution in [1.82, 2.24) is 24.8 Å². The number of anilines is 1. The van der Waals surface area contributed by atoms with Gasteiger partial charge < -0.3 is 19.6 Å². The number of imidazole rings is 1. The van der Waals surface area contributed by atoms with Gasteiger partial charge in [0.25, 0.3) is 5.91 Å². The number of amides is 1. The number of aryl methyl sites for hydroxylation is 2. The van der Waals surface area contributed by atoms with E-state index in [-0.39, 0.29) is 23.8 Å². The van der Waals surface area contributed by atoms with Crippen LogP contribution in [0.15, 0.2) is 28.9 Å². The highest BCUT2D eigenvalue weighted by Gasteiger charge is 2.38. The van der Waals surface area contributed by atoms with Gasteiger partial charge in [-0.1, -0.05) is 0 Å². The number of furan rings is 1. The van der Waals surface area contributed by atoms with Crippen LogP contribution >= 0.6 is 0 Å². The Bertz CT molecular complexity index is 1300. The van der Waals surface area contributed by atoms with Gasteiger partial charge in [0, 0.05) is 18.7 Å². The first-order valence-corrected chi connectivity index (χ1v) is 9.76. The fourth-order valence-corrected chi connectivity index (χ4v) is 3.64. The number of nitrogens with one attached hydrogen (secondary N) is 2. The van der Waals surface area contributed by atoms with Crippen molar-refractivity contribution in [2.24, 2.45) is 7.05 Å². The average molecular weight is 408 g/mol. The van der Waals surface area contributed by atoms with Crippen molar-refractivity contribution in [2.75, 3.05) is 5.32 Å². The molecule has 0 atom stereocenters. The lowest BCUT2D eigenvalue weighted by Gasteiger charge is -2.13. The Morgan fingerprint density at radius 2 is 2.13 bits per heavy atom. The summed E-state index contributed by atoms with van der Waals surface area (Å²) >= 11 is 0. The molecule has 154 valence electrons. The highest BCUT2D eigenvalue weighted by atomic mass is 19.1. The second-order valence-corrected chi connectivity index (χ2v) is 8.02. The summed E-state index contributed by atoms with van der Waals surface area (Å²) in [5.74, 6) is 1.04. The van der Waals surface area contributed by atoms with Crippen molar-refractivity contribution in [2.45, 2.75) is 38.8 Å². The Morgan fingerprint density at radius 3 is 2.90 bits per heavy atom. The van der Waals surface area contributed by atoms with Gasteiger partial charge in [-0.3, -0.25) is 4.79 Å². The van der Waals surface area contributed by atoms with Crippen LogP contribution in [0.1, 0.15) is 41.7 Å². The molecular formula is C21H21FN6O2. The molecular weight excluding hydrogens is 387 g/mol. The molecule has 1 saturated carbocycles. The predicted molar refractivity (Wildman–Crippen MR) is 110 cm³/mol. The quantitative estimate of drug-likeness (QED) is 0.525. The zero-order chi connectivity index (χ0) is 21.0. The third kappa shape index (κ3) is 3.06. The van der Waals surface area contributed by atoms with Crippen molar-refractivity contribution in [3.05, 3.63) is 47.5 Å². The van der Waals surface area contributed by atoms with Gasteiger partial charge in [0.2, 0.25) is 5.71 Å². The average Bonchev–Trinajstić information content (AvgIpc) is 3.19.